The number of carbonyl (C=O) groups is 1. The fourth-order valence-electron chi connectivity index (χ4n) is 5.11. The summed E-state index contributed by atoms with van der Waals surface area (Å²) in [7, 11) is 0. The summed E-state index contributed by atoms with van der Waals surface area (Å²) in [6, 6.07) is 2.32. The van der Waals surface area contributed by atoms with E-state index in [0.717, 1.165) is 69.4 Å². The van der Waals surface area contributed by atoms with Crippen molar-refractivity contribution in [3.8, 4) is 6.07 Å². The molecule has 32 heavy (non-hydrogen) atoms. The van der Waals surface area contributed by atoms with Gasteiger partial charge < -0.3 is 4.90 Å². The van der Waals surface area contributed by atoms with Crippen LogP contribution < -0.4 is 10.5 Å². The summed E-state index contributed by atoms with van der Waals surface area (Å²) in [6.45, 7) is 6.15. The molecule has 0 unspecified atom stereocenters. The minimum Gasteiger partial charge on any atom is -0.357 e. The summed E-state index contributed by atoms with van der Waals surface area (Å²) >= 11 is 6.93. The molecular weight excluding hydrogens is 440 g/mol. The van der Waals surface area contributed by atoms with E-state index in [1.807, 2.05) is 19.9 Å². The van der Waals surface area contributed by atoms with E-state index in [1.165, 1.54) is 18.2 Å². The van der Waals surface area contributed by atoms with Gasteiger partial charge in [-0.2, -0.15) is 5.26 Å². The summed E-state index contributed by atoms with van der Waals surface area (Å²) in [6.07, 6.45) is 10.3. The van der Waals surface area contributed by atoms with Crippen molar-refractivity contribution in [3.05, 3.63) is 31.9 Å². The Bertz CT molecular complexity index is 1060. The fourth-order valence-corrected chi connectivity index (χ4v) is 6.49. The number of pyridine rings is 1. The molecule has 1 saturated carbocycles. The van der Waals surface area contributed by atoms with Gasteiger partial charge in [-0.15, -0.1) is 0 Å². The first-order valence-corrected chi connectivity index (χ1v) is 12.9. The number of nitrogens with zero attached hydrogens (tertiary/aromatic N) is 4. The van der Waals surface area contributed by atoms with Crippen molar-refractivity contribution in [1.29, 1.82) is 5.26 Å². The first kappa shape index (κ1) is 23.1. The number of aromatic nitrogens is 1. The van der Waals surface area contributed by atoms with Gasteiger partial charge in [0, 0.05) is 31.2 Å². The number of piperidine rings is 1. The zero-order chi connectivity index (χ0) is 22.8. The Morgan fingerprint density at radius 2 is 1.84 bits per heavy atom. The van der Waals surface area contributed by atoms with Gasteiger partial charge in [-0.3, -0.25) is 19.1 Å². The lowest BCUT2D eigenvalue weighted by Crippen LogP contribution is -2.38. The van der Waals surface area contributed by atoms with Gasteiger partial charge in [-0.1, -0.05) is 43.7 Å². The Balaban J connectivity index is 1.86. The van der Waals surface area contributed by atoms with Crippen LogP contribution in [0.4, 0.5) is 5.82 Å². The lowest BCUT2D eigenvalue weighted by molar-refractivity contribution is -0.123. The molecule has 0 radical (unpaired) electrons. The topological polar surface area (TPSA) is 69.3 Å². The van der Waals surface area contributed by atoms with Gasteiger partial charge in [0.05, 0.1) is 4.91 Å². The molecule has 2 saturated heterocycles. The molecule has 4 rings (SSSR count). The summed E-state index contributed by atoms with van der Waals surface area (Å²) < 4.78 is 2.37. The SMILES string of the molecule is CCCn1c(N2CCCCC2)c(/C=C2/SC(=S)N(C3CCCC3)C2=O)c(C)c(C#N)c1=O. The third kappa shape index (κ3) is 4.13. The minimum atomic E-state index is -0.233. The molecule has 3 heterocycles. The summed E-state index contributed by atoms with van der Waals surface area (Å²) in [4.78, 5) is 31.2. The van der Waals surface area contributed by atoms with Crippen molar-refractivity contribution in [2.75, 3.05) is 18.0 Å². The lowest BCUT2D eigenvalue weighted by Gasteiger charge is -2.33. The van der Waals surface area contributed by atoms with Gasteiger partial charge in [0.15, 0.2) is 0 Å². The van der Waals surface area contributed by atoms with Gasteiger partial charge in [0.1, 0.15) is 21.8 Å². The molecule has 3 aliphatic rings. The van der Waals surface area contributed by atoms with Gasteiger partial charge in [0.25, 0.3) is 11.5 Å². The average Bonchev–Trinajstić information content (AvgIpc) is 3.40. The number of thiocarbonyl (C=S) groups is 1. The number of amides is 1. The van der Waals surface area contributed by atoms with E-state index in [9.17, 15) is 14.9 Å². The predicted molar refractivity (Wildman–Crippen MR) is 134 cm³/mol. The number of nitriles is 1. The zero-order valence-electron chi connectivity index (χ0n) is 18.9. The van der Waals surface area contributed by atoms with E-state index in [-0.39, 0.29) is 23.1 Å². The Morgan fingerprint density at radius 3 is 2.47 bits per heavy atom. The van der Waals surface area contributed by atoms with Crippen LogP contribution in [0.1, 0.15) is 75.0 Å². The smallest absolute Gasteiger partial charge is 0.270 e. The van der Waals surface area contributed by atoms with E-state index in [0.29, 0.717) is 21.3 Å². The summed E-state index contributed by atoms with van der Waals surface area (Å²) in [5, 5.41) is 9.76. The monoisotopic (exact) mass is 470 g/mol. The highest BCUT2D eigenvalue weighted by Crippen LogP contribution is 2.39. The maximum atomic E-state index is 13.3. The van der Waals surface area contributed by atoms with Crippen LogP contribution in [0.25, 0.3) is 6.08 Å². The van der Waals surface area contributed by atoms with Crippen LogP contribution in [0.3, 0.4) is 0 Å². The zero-order valence-corrected chi connectivity index (χ0v) is 20.5. The van der Waals surface area contributed by atoms with Crippen LogP contribution in [0.15, 0.2) is 9.70 Å². The largest absolute Gasteiger partial charge is 0.357 e. The van der Waals surface area contributed by atoms with E-state index >= 15 is 0 Å². The molecule has 0 spiro atoms. The van der Waals surface area contributed by atoms with Crippen molar-refractivity contribution < 1.29 is 4.79 Å². The Labute approximate surface area is 199 Å². The van der Waals surface area contributed by atoms with Gasteiger partial charge >= 0.3 is 0 Å². The molecule has 1 aliphatic carbocycles. The molecule has 1 aromatic rings. The molecule has 0 aromatic carbocycles. The van der Waals surface area contributed by atoms with Crippen LogP contribution in [-0.4, -0.2) is 38.8 Å². The highest BCUT2D eigenvalue weighted by molar-refractivity contribution is 8.26. The number of hydrogen-bond acceptors (Lipinski definition) is 6. The minimum absolute atomic E-state index is 0.0392. The molecular formula is C24H30N4O2S2. The molecule has 170 valence electrons. The van der Waals surface area contributed by atoms with E-state index in [1.54, 1.807) is 9.47 Å². The lowest BCUT2D eigenvalue weighted by atomic mass is 10.0. The number of rotatable bonds is 5. The second-order valence-electron chi connectivity index (χ2n) is 8.84. The molecule has 1 amide bonds. The van der Waals surface area contributed by atoms with E-state index in [2.05, 4.69) is 11.0 Å². The van der Waals surface area contributed by atoms with Crippen LogP contribution >= 0.6 is 24.0 Å². The van der Waals surface area contributed by atoms with Crippen LogP contribution in [0.2, 0.25) is 0 Å². The average molecular weight is 471 g/mol. The van der Waals surface area contributed by atoms with Crippen molar-refractivity contribution >= 4 is 46.1 Å². The van der Waals surface area contributed by atoms with Gasteiger partial charge in [0.2, 0.25) is 0 Å². The Morgan fingerprint density at radius 1 is 1.16 bits per heavy atom. The van der Waals surface area contributed by atoms with Crippen LogP contribution in [0.5, 0.6) is 0 Å². The van der Waals surface area contributed by atoms with Crippen molar-refractivity contribution in [2.45, 2.75) is 77.8 Å². The molecule has 1 aromatic heterocycles. The first-order chi connectivity index (χ1) is 15.5. The number of thioether (sulfide) groups is 1. The van der Waals surface area contributed by atoms with E-state index in [4.69, 9.17) is 12.2 Å². The van der Waals surface area contributed by atoms with Crippen LogP contribution in [0, 0.1) is 18.3 Å². The molecule has 6 nitrogen and oxygen atoms in total. The standard InChI is InChI=1S/C24H30N4O2S2/c1-3-11-27-21(26-12-7-4-8-13-26)18(16(2)19(15-25)22(27)29)14-20-23(30)28(24(31)32-20)17-9-5-6-10-17/h14,17H,3-13H2,1-2H3/b20-14+. The Hall–Kier alpha value is -2.11. The second kappa shape index (κ2) is 9.80. The van der Waals surface area contributed by atoms with Crippen molar-refractivity contribution in [1.82, 2.24) is 9.47 Å². The van der Waals surface area contributed by atoms with Crippen LogP contribution in [-0.2, 0) is 11.3 Å². The molecule has 3 fully saturated rings. The quantitative estimate of drug-likeness (QED) is 0.464. The number of carbonyl (C=O) groups excluding carboxylic acids is 1. The van der Waals surface area contributed by atoms with Gasteiger partial charge in [-0.25, -0.2) is 0 Å². The van der Waals surface area contributed by atoms with Crippen molar-refractivity contribution in [2.24, 2.45) is 0 Å². The molecule has 0 bridgehead atoms. The van der Waals surface area contributed by atoms with E-state index < -0.39 is 0 Å². The molecule has 8 heteroatoms. The molecule has 0 N–H and O–H groups in total. The highest BCUT2D eigenvalue weighted by Gasteiger charge is 2.38. The van der Waals surface area contributed by atoms with Gasteiger partial charge in [-0.05, 0) is 57.1 Å². The third-order valence-electron chi connectivity index (χ3n) is 6.74. The summed E-state index contributed by atoms with van der Waals surface area (Å²) in [5.41, 5.74) is 1.39. The predicted octanol–water partition coefficient (Wildman–Crippen LogP) is 4.57. The maximum absolute atomic E-state index is 13.3. The molecule has 2 aliphatic heterocycles. The normalized spacial score (nSPS) is 21.1. The highest BCUT2D eigenvalue weighted by atomic mass is 32.2. The maximum Gasteiger partial charge on any atom is 0.270 e. The second-order valence-corrected chi connectivity index (χ2v) is 10.5. The number of hydrogen-bond donors (Lipinski definition) is 0. The summed E-state index contributed by atoms with van der Waals surface area (Å²) in [5.74, 6) is 0.807. The van der Waals surface area contributed by atoms with Crippen molar-refractivity contribution in [3.63, 3.8) is 0 Å². The molecule has 0 atom stereocenters. The number of anilines is 1. The third-order valence-corrected chi connectivity index (χ3v) is 8.07. The first-order valence-electron chi connectivity index (χ1n) is 11.7. The fraction of sp³-hybridized carbons (Fsp3) is 0.583. The Kier molecular flexibility index (Phi) is 7.06.